The number of aliphatic hydroxyl groups excluding tert-OH is 1. The van der Waals surface area contributed by atoms with Gasteiger partial charge in [-0.3, -0.25) is 4.79 Å². The Bertz CT molecular complexity index is 1180. The minimum Gasteiger partial charge on any atom is -0.465 e. The van der Waals surface area contributed by atoms with Crippen molar-refractivity contribution in [3.8, 4) is 10.4 Å². The van der Waals surface area contributed by atoms with Crippen molar-refractivity contribution < 1.29 is 28.6 Å². The number of carbonyl (C=O) groups excluding carboxylic acids is 1. The summed E-state index contributed by atoms with van der Waals surface area (Å²) >= 11 is 0.923. The number of pyridine rings is 1. The van der Waals surface area contributed by atoms with Crippen molar-refractivity contribution in [2.24, 2.45) is 5.73 Å². The molecule has 0 saturated carbocycles. The van der Waals surface area contributed by atoms with Gasteiger partial charge in [-0.05, 0) is 35.9 Å². The fraction of sp³-hybridized carbons (Fsp3) is 0.227. The van der Waals surface area contributed by atoms with Crippen LogP contribution in [0.4, 0.5) is 24.4 Å². The smallest absolute Gasteiger partial charge is 0.407 e. The van der Waals surface area contributed by atoms with E-state index in [0.29, 0.717) is 17.1 Å². The minimum absolute atomic E-state index is 0.0245. The lowest BCUT2D eigenvalue weighted by Crippen LogP contribution is -2.24. The summed E-state index contributed by atoms with van der Waals surface area (Å²) in [7, 11) is 1.40. The Hall–Kier alpha value is -3.57. The molecule has 11 heteroatoms. The maximum Gasteiger partial charge on any atom is 0.407 e. The van der Waals surface area contributed by atoms with Gasteiger partial charge in [0.25, 0.3) is 5.91 Å². The third-order valence-electron chi connectivity index (χ3n) is 4.93. The van der Waals surface area contributed by atoms with E-state index in [0.717, 1.165) is 28.4 Å². The number of anilines is 2. The van der Waals surface area contributed by atoms with Crippen LogP contribution in [0.3, 0.4) is 0 Å². The number of aromatic nitrogens is 1. The summed E-state index contributed by atoms with van der Waals surface area (Å²) in [6, 6.07) is 8.49. The molecule has 1 aromatic carbocycles. The van der Waals surface area contributed by atoms with Crippen molar-refractivity contribution in [2.45, 2.75) is 19.4 Å². The first kappa shape index (κ1) is 24.1. The highest BCUT2D eigenvalue weighted by Gasteiger charge is 2.22. The highest BCUT2D eigenvalue weighted by atomic mass is 32.1. The van der Waals surface area contributed by atoms with E-state index >= 15 is 0 Å². The van der Waals surface area contributed by atoms with E-state index in [1.165, 1.54) is 13.1 Å². The van der Waals surface area contributed by atoms with Gasteiger partial charge >= 0.3 is 6.09 Å². The SMILES string of the molecule is CC(CO)c1cc(F)c(-c2cc(C(N)=O)c(Nc3cccc(CN(C)C(=O)O)n3)s2)c(F)c1. The average molecular weight is 477 g/mol. The number of primary amides is 1. The number of aliphatic hydroxyl groups is 1. The molecule has 2 heterocycles. The van der Waals surface area contributed by atoms with Crippen molar-refractivity contribution in [1.29, 1.82) is 0 Å². The maximum absolute atomic E-state index is 14.8. The van der Waals surface area contributed by atoms with Crippen LogP contribution in [-0.4, -0.2) is 45.8 Å². The molecule has 0 radical (unpaired) electrons. The van der Waals surface area contributed by atoms with Crippen molar-refractivity contribution in [3.63, 3.8) is 0 Å². The summed E-state index contributed by atoms with van der Waals surface area (Å²) in [4.78, 5) is 28.5. The van der Waals surface area contributed by atoms with Crippen LogP contribution in [-0.2, 0) is 6.54 Å². The van der Waals surface area contributed by atoms with Crippen molar-refractivity contribution in [3.05, 3.63) is 64.9 Å². The minimum atomic E-state index is -1.11. The number of nitrogens with one attached hydrogen (secondary N) is 1. The lowest BCUT2D eigenvalue weighted by atomic mass is 9.99. The first-order valence-corrected chi connectivity index (χ1v) is 10.6. The molecule has 33 heavy (non-hydrogen) atoms. The number of thiophene rings is 1. The molecule has 0 aliphatic carbocycles. The molecule has 0 spiro atoms. The van der Waals surface area contributed by atoms with E-state index in [1.807, 2.05) is 0 Å². The van der Waals surface area contributed by atoms with Crippen molar-refractivity contribution in [1.82, 2.24) is 9.88 Å². The van der Waals surface area contributed by atoms with Gasteiger partial charge < -0.3 is 26.2 Å². The zero-order valence-corrected chi connectivity index (χ0v) is 18.6. The van der Waals surface area contributed by atoms with E-state index < -0.39 is 29.6 Å². The monoisotopic (exact) mass is 476 g/mol. The number of carbonyl (C=O) groups is 2. The van der Waals surface area contributed by atoms with Crippen LogP contribution in [0.25, 0.3) is 10.4 Å². The van der Waals surface area contributed by atoms with Crippen LogP contribution in [0.1, 0.15) is 34.5 Å². The van der Waals surface area contributed by atoms with Crippen molar-refractivity contribution >= 4 is 34.2 Å². The highest BCUT2D eigenvalue weighted by Crippen LogP contribution is 2.39. The molecule has 0 saturated heterocycles. The summed E-state index contributed by atoms with van der Waals surface area (Å²) in [5, 5.41) is 21.4. The van der Waals surface area contributed by atoms with Gasteiger partial charge in [-0.15, -0.1) is 11.3 Å². The number of hydrogen-bond donors (Lipinski definition) is 4. The van der Waals surface area contributed by atoms with Crippen LogP contribution >= 0.6 is 11.3 Å². The Morgan fingerprint density at radius 2 is 1.91 bits per heavy atom. The normalized spacial score (nSPS) is 11.8. The first-order valence-electron chi connectivity index (χ1n) is 9.81. The van der Waals surface area contributed by atoms with Gasteiger partial charge in [0.15, 0.2) is 0 Å². The quantitative estimate of drug-likeness (QED) is 0.387. The number of benzene rings is 1. The zero-order valence-electron chi connectivity index (χ0n) is 17.8. The number of nitrogens with two attached hydrogens (primary N) is 1. The molecule has 0 aliphatic rings. The second-order valence-electron chi connectivity index (χ2n) is 7.44. The standard InChI is InChI=1S/C22H22F2N4O4S/c1-11(10-29)12-6-15(23)19(16(24)7-12)17-8-14(20(25)30)21(33-17)27-18-5-3-4-13(26-18)9-28(2)22(31)32/h3-8,11,29H,9-10H2,1-2H3,(H2,25,30)(H,26,27)(H,31,32). The molecule has 5 N–H and O–H groups in total. The number of amides is 2. The molecular weight excluding hydrogens is 454 g/mol. The summed E-state index contributed by atoms with van der Waals surface area (Å²) < 4.78 is 29.6. The summed E-state index contributed by atoms with van der Waals surface area (Å²) in [5.41, 5.74) is 5.95. The van der Waals surface area contributed by atoms with E-state index in [2.05, 4.69) is 10.3 Å². The topological polar surface area (TPSA) is 129 Å². The van der Waals surface area contributed by atoms with Gasteiger partial charge in [0.05, 0.1) is 23.4 Å². The van der Waals surface area contributed by atoms with Crippen LogP contribution in [0.15, 0.2) is 36.4 Å². The fourth-order valence-corrected chi connectivity index (χ4v) is 4.19. The van der Waals surface area contributed by atoms with Crippen LogP contribution < -0.4 is 11.1 Å². The molecule has 3 rings (SSSR count). The van der Waals surface area contributed by atoms with Gasteiger partial charge in [-0.25, -0.2) is 18.6 Å². The van der Waals surface area contributed by atoms with Gasteiger partial charge in [0.2, 0.25) is 0 Å². The summed E-state index contributed by atoms with van der Waals surface area (Å²) in [6.07, 6.45) is -1.11. The first-order chi connectivity index (χ1) is 15.6. The molecule has 3 aromatic rings. The molecule has 0 aliphatic heterocycles. The molecule has 174 valence electrons. The number of nitrogens with zero attached hydrogens (tertiary/aromatic N) is 2. The third-order valence-corrected chi connectivity index (χ3v) is 5.99. The zero-order chi connectivity index (χ0) is 24.3. The highest BCUT2D eigenvalue weighted by molar-refractivity contribution is 7.20. The van der Waals surface area contributed by atoms with Gasteiger partial charge in [-0.2, -0.15) is 0 Å². The molecule has 2 amide bonds. The Morgan fingerprint density at radius 3 is 2.48 bits per heavy atom. The van der Waals surface area contributed by atoms with Crippen LogP contribution in [0.5, 0.6) is 0 Å². The van der Waals surface area contributed by atoms with Crippen molar-refractivity contribution in [2.75, 3.05) is 19.0 Å². The predicted molar refractivity (Wildman–Crippen MR) is 121 cm³/mol. The Morgan fingerprint density at radius 1 is 1.24 bits per heavy atom. The van der Waals surface area contributed by atoms with Crippen LogP contribution in [0, 0.1) is 11.6 Å². The Balaban J connectivity index is 1.96. The molecule has 0 fully saturated rings. The summed E-state index contributed by atoms with van der Waals surface area (Å²) in [6.45, 7) is 1.42. The molecule has 8 nitrogen and oxygen atoms in total. The van der Waals surface area contributed by atoms with E-state index in [1.54, 1.807) is 25.1 Å². The second-order valence-corrected chi connectivity index (χ2v) is 8.49. The van der Waals surface area contributed by atoms with Gasteiger partial charge in [0.1, 0.15) is 22.5 Å². The molecule has 2 aromatic heterocycles. The molecular formula is C22H22F2N4O4S. The number of rotatable bonds is 8. The number of carboxylic acid groups (broad SMARTS) is 1. The number of halogens is 2. The largest absolute Gasteiger partial charge is 0.465 e. The predicted octanol–water partition coefficient (Wildman–Crippen LogP) is 4.14. The van der Waals surface area contributed by atoms with E-state index in [9.17, 15) is 23.5 Å². The van der Waals surface area contributed by atoms with Crippen LogP contribution in [0.2, 0.25) is 0 Å². The average Bonchev–Trinajstić information content (AvgIpc) is 3.16. The Labute approximate surface area is 192 Å². The number of hydrogen-bond acceptors (Lipinski definition) is 6. The Kier molecular flexibility index (Phi) is 7.24. The fourth-order valence-electron chi connectivity index (χ4n) is 3.07. The van der Waals surface area contributed by atoms with E-state index in [-0.39, 0.29) is 34.2 Å². The molecule has 1 unspecified atom stereocenters. The second kappa shape index (κ2) is 9.92. The third kappa shape index (κ3) is 5.44. The lowest BCUT2D eigenvalue weighted by Gasteiger charge is -2.13. The van der Waals surface area contributed by atoms with Gasteiger partial charge in [-0.1, -0.05) is 13.0 Å². The van der Waals surface area contributed by atoms with E-state index in [4.69, 9.17) is 10.8 Å². The molecule has 1 atom stereocenters. The summed E-state index contributed by atoms with van der Waals surface area (Å²) in [5.74, 6) is -2.59. The van der Waals surface area contributed by atoms with Gasteiger partial charge in [0, 0.05) is 24.4 Å². The maximum atomic E-state index is 14.8. The molecule has 0 bridgehead atoms. The lowest BCUT2D eigenvalue weighted by molar-refractivity contribution is 0.100.